The van der Waals surface area contributed by atoms with Crippen molar-refractivity contribution >= 4 is 84.8 Å². The first-order chi connectivity index (χ1) is 25.3. The minimum absolute atomic E-state index is 0.113. The van der Waals surface area contributed by atoms with E-state index < -0.39 is 0 Å². The molecule has 0 bridgehead atoms. The predicted octanol–water partition coefficient (Wildman–Crippen LogP) is 12.6. The lowest BCUT2D eigenvalue weighted by Gasteiger charge is -2.14. The number of benzene rings is 6. The standard InChI is InChI=1S/C45H28N4S2/c1-3-12-27(13-4-1)43-46-44(28-14-5-2-6-15-28)48-45(47-43)35-19-11-18-33-36-26-29(22-25-39(36)50-41(33)35)49-37-20-9-7-16-30(37)32-23-24-34-31-17-8-10-21-38(31)51-42(34)40(32)49/h1-14,16-26,28H,15H2. The molecule has 1 aliphatic rings. The summed E-state index contributed by atoms with van der Waals surface area (Å²) in [6, 6.07) is 45.9. The third-order valence-electron chi connectivity index (χ3n) is 10.2. The van der Waals surface area contributed by atoms with Crippen molar-refractivity contribution in [3.05, 3.63) is 158 Å². The number of nitrogens with zero attached hydrogens (tertiary/aromatic N) is 4. The molecule has 0 amide bonds. The first kappa shape index (κ1) is 28.8. The molecule has 6 aromatic carbocycles. The Kier molecular flexibility index (Phi) is 6.38. The van der Waals surface area contributed by atoms with Crippen molar-refractivity contribution in [3.63, 3.8) is 0 Å². The van der Waals surface area contributed by atoms with Crippen molar-refractivity contribution in [2.45, 2.75) is 12.3 Å². The van der Waals surface area contributed by atoms with Crippen LogP contribution >= 0.6 is 22.7 Å². The lowest BCUT2D eigenvalue weighted by atomic mass is 10.00. The maximum absolute atomic E-state index is 5.14. The third kappa shape index (κ3) is 4.47. The molecular weight excluding hydrogens is 661 g/mol. The smallest absolute Gasteiger partial charge is 0.165 e. The van der Waals surface area contributed by atoms with Crippen LogP contribution in [0.5, 0.6) is 0 Å². The number of para-hydroxylation sites is 1. The molecule has 0 fully saturated rings. The Morgan fingerprint density at radius 1 is 0.549 bits per heavy atom. The maximum Gasteiger partial charge on any atom is 0.165 e. The molecule has 1 unspecified atom stereocenters. The molecule has 0 N–H and O–H groups in total. The van der Waals surface area contributed by atoms with Crippen LogP contribution in [0, 0.1) is 0 Å². The summed E-state index contributed by atoms with van der Waals surface area (Å²) in [4.78, 5) is 15.2. The Labute approximate surface area is 301 Å². The molecule has 4 aromatic heterocycles. The minimum Gasteiger partial charge on any atom is -0.308 e. The fraction of sp³-hybridized carbons (Fsp3) is 0.0444. The van der Waals surface area contributed by atoms with Crippen LogP contribution in [-0.2, 0) is 0 Å². The molecule has 51 heavy (non-hydrogen) atoms. The van der Waals surface area contributed by atoms with Crippen molar-refractivity contribution in [2.24, 2.45) is 0 Å². The van der Waals surface area contributed by atoms with Gasteiger partial charge in [-0.05, 0) is 42.8 Å². The van der Waals surface area contributed by atoms with Gasteiger partial charge in [0.25, 0.3) is 0 Å². The normalized spacial score (nSPS) is 14.6. The van der Waals surface area contributed by atoms with Crippen molar-refractivity contribution in [3.8, 4) is 28.5 Å². The molecule has 0 aliphatic heterocycles. The summed E-state index contributed by atoms with van der Waals surface area (Å²) in [5, 5.41) is 7.63. The van der Waals surface area contributed by atoms with Crippen LogP contribution in [0.2, 0.25) is 0 Å². The highest BCUT2D eigenvalue weighted by molar-refractivity contribution is 7.27. The van der Waals surface area contributed by atoms with Gasteiger partial charge in [-0.3, -0.25) is 0 Å². The average Bonchev–Trinajstić information content (AvgIpc) is 3.88. The molecule has 1 aliphatic carbocycles. The van der Waals surface area contributed by atoms with E-state index in [2.05, 4.69) is 138 Å². The highest BCUT2D eigenvalue weighted by Crippen LogP contribution is 2.45. The van der Waals surface area contributed by atoms with E-state index in [1.54, 1.807) is 0 Å². The van der Waals surface area contributed by atoms with E-state index in [0.717, 1.165) is 29.1 Å². The summed E-state index contributed by atoms with van der Waals surface area (Å²) in [5.41, 5.74) is 5.68. The first-order valence-corrected chi connectivity index (χ1v) is 18.9. The van der Waals surface area contributed by atoms with Gasteiger partial charge in [0, 0.05) is 69.1 Å². The summed E-state index contributed by atoms with van der Waals surface area (Å²) < 4.78 is 7.55. The van der Waals surface area contributed by atoms with Gasteiger partial charge in [0.2, 0.25) is 0 Å². The molecule has 0 radical (unpaired) electrons. The Hall–Kier alpha value is -5.95. The molecule has 4 nitrogen and oxygen atoms in total. The summed E-state index contributed by atoms with van der Waals surface area (Å²) in [7, 11) is 0. The zero-order valence-corrected chi connectivity index (χ0v) is 29.0. The zero-order valence-electron chi connectivity index (χ0n) is 27.3. The van der Waals surface area contributed by atoms with Gasteiger partial charge in [0.15, 0.2) is 11.6 Å². The van der Waals surface area contributed by atoms with Crippen LogP contribution in [0.3, 0.4) is 0 Å². The van der Waals surface area contributed by atoms with E-state index in [9.17, 15) is 0 Å². The Morgan fingerprint density at radius 3 is 2.20 bits per heavy atom. The van der Waals surface area contributed by atoms with E-state index in [-0.39, 0.29) is 5.92 Å². The molecule has 240 valence electrons. The molecule has 6 heteroatoms. The quantitative estimate of drug-likeness (QED) is 0.185. The van der Waals surface area contributed by atoms with Gasteiger partial charge in [-0.15, -0.1) is 22.7 Å². The zero-order chi connectivity index (χ0) is 33.5. The first-order valence-electron chi connectivity index (χ1n) is 17.2. The van der Waals surface area contributed by atoms with Crippen LogP contribution in [0.1, 0.15) is 18.2 Å². The highest BCUT2D eigenvalue weighted by atomic mass is 32.1. The van der Waals surface area contributed by atoms with Crippen LogP contribution in [0.4, 0.5) is 0 Å². The van der Waals surface area contributed by atoms with E-state index in [0.29, 0.717) is 11.6 Å². The monoisotopic (exact) mass is 688 g/mol. The summed E-state index contributed by atoms with van der Waals surface area (Å²) in [6.45, 7) is 0. The van der Waals surface area contributed by atoms with Gasteiger partial charge in [-0.2, -0.15) is 0 Å². The van der Waals surface area contributed by atoms with Crippen molar-refractivity contribution in [1.29, 1.82) is 0 Å². The average molecular weight is 689 g/mol. The van der Waals surface area contributed by atoms with E-state index in [4.69, 9.17) is 15.0 Å². The second-order valence-corrected chi connectivity index (χ2v) is 15.2. The SMILES string of the molecule is C1=CCC(c2nc(-c3ccccc3)nc(-c3cccc4c3sc3ccc(-n5c6ccccc6c6ccc7c8ccccc8sc7c65)cc34)n2)C=C1. The molecule has 1 atom stereocenters. The van der Waals surface area contributed by atoms with Crippen molar-refractivity contribution in [2.75, 3.05) is 0 Å². The molecular formula is C45H28N4S2. The second-order valence-electron chi connectivity index (χ2n) is 13.1. The predicted molar refractivity (Wildman–Crippen MR) is 216 cm³/mol. The van der Waals surface area contributed by atoms with Gasteiger partial charge in [-0.1, -0.05) is 115 Å². The summed E-state index contributed by atoms with van der Waals surface area (Å²) in [6.07, 6.45) is 9.43. The van der Waals surface area contributed by atoms with Gasteiger partial charge in [-0.25, -0.2) is 15.0 Å². The van der Waals surface area contributed by atoms with Crippen LogP contribution in [0.15, 0.2) is 152 Å². The van der Waals surface area contributed by atoms with E-state index in [1.165, 1.54) is 62.2 Å². The number of allylic oxidation sites excluding steroid dienone is 4. The maximum atomic E-state index is 5.14. The third-order valence-corrected chi connectivity index (χ3v) is 12.6. The van der Waals surface area contributed by atoms with Crippen molar-refractivity contribution in [1.82, 2.24) is 19.5 Å². The van der Waals surface area contributed by atoms with Crippen LogP contribution < -0.4 is 0 Å². The van der Waals surface area contributed by atoms with Crippen molar-refractivity contribution < 1.29 is 0 Å². The van der Waals surface area contributed by atoms with Gasteiger partial charge >= 0.3 is 0 Å². The molecule has 0 spiro atoms. The van der Waals surface area contributed by atoms with Gasteiger partial charge in [0.1, 0.15) is 5.82 Å². The Bertz CT molecular complexity index is 3070. The fourth-order valence-corrected chi connectivity index (χ4v) is 10.2. The molecule has 4 heterocycles. The molecule has 10 aromatic rings. The summed E-state index contributed by atoms with van der Waals surface area (Å²) >= 11 is 3.70. The van der Waals surface area contributed by atoms with E-state index >= 15 is 0 Å². The molecule has 0 saturated heterocycles. The van der Waals surface area contributed by atoms with Gasteiger partial charge < -0.3 is 4.57 Å². The molecule has 11 rings (SSSR count). The lowest BCUT2D eigenvalue weighted by molar-refractivity contribution is 0.764. The number of hydrogen-bond acceptors (Lipinski definition) is 5. The Morgan fingerprint density at radius 2 is 1.29 bits per heavy atom. The van der Waals surface area contributed by atoms with Crippen LogP contribution in [0.25, 0.3) is 90.6 Å². The Balaban J connectivity index is 1.13. The number of thiophene rings is 2. The second kappa shape index (κ2) is 11.3. The van der Waals surface area contributed by atoms with Gasteiger partial charge in [0.05, 0.1) is 15.7 Å². The lowest BCUT2D eigenvalue weighted by Crippen LogP contribution is -2.07. The minimum atomic E-state index is 0.113. The topological polar surface area (TPSA) is 43.6 Å². The number of aromatic nitrogens is 4. The number of hydrogen-bond donors (Lipinski definition) is 0. The van der Waals surface area contributed by atoms with Crippen LogP contribution in [-0.4, -0.2) is 19.5 Å². The fourth-order valence-electron chi connectivity index (χ4n) is 7.77. The highest BCUT2D eigenvalue weighted by Gasteiger charge is 2.21. The molecule has 0 saturated carbocycles. The number of rotatable bonds is 4. The van der Waals surface area contributed by atoms with E-state index in [1.807, 2.05) is 40.9 Å². The largest absolute Gasteiger partial charge is 0.308 e. The summed E-state index contributed by atoms with van der Waals surface area (Å²) in [5.74, 6) is 2.34. The number of fused-ring (bicyclic) bond motifs is 10.